The summed E-state index contributed by atoms with van der Waals surface area (Å²) in [5, 5.41) is 7.02. The Morgan fingerprint density at radius 3 is 2.55 bits per heavy atom. The predicted octanol–water partition coefficient (Wildman–Crippen LogP) is 1.16. The van der Waals surface area contributed by atoms with Gasteiger partial charge in [-0.15, -0.1) is 0 Å². The molecule has 0 aromatic heterocycles. The Morgan fingerprint density at radius 2 is 2.00 bits per heavy atom. The van der Waals surface area contributed by atoms with Gasteiger partial charge < -0.3 is 16.9 Å². The zero-order valence-corrected chi connectivity index (χ0v) is 6.39. The van der Waals surface area contributed by atoms with Gasteiger partial charge in [0.1, 0.15) is 0 Å². The van der Waals surface area contributed by atoms with Gasteiger partial charge in [0.25, 0.3) is 0 Å². The predicted molar refractivity (Wildman–Crippen MR) is 47.9 cm³/mol. The Bertz CT molecular complexity index is 292. The Hall–Kier alpha value is -1.51. The summed E-state index contributed by atoms with van der Waals surface area (Å²) in [7, 11) is 0. The first-order valence-corrected chi connectivity index (χ1v) is 3.31. The van der Waals surface area contributed by atoms with Crippen LogP contribution in [0.2, 0.25) is 0 Å². The monoisotopic (exact) mass is 149 g/mol. The molecular weight excluding hydrogens is 138 g/mol. The quantitative estimate of drug-likeness (QED) is 0.414. The highest BCUT2D eigenvalue weighted by atomic mass is 14.7. The van der Waals surface area contributed by atoms with Crippen LogP contribution in [0.5, 0.6) is 0 Å². The van der Waals surface area contributed by atoms with Crippen molar-refractivity contribution in [2.75, 3.05) is 11.5 Å². The number of aryl methyl sites for hydroxylation is 1. The van der Waals surface area contributed by atoms with E-state index in [1.165, 1.54) is 6.21 Å². The van der Waals surface area contributed by atoms with Crippen molar-refractivity contribution in [3.63, 3.8) is 0 Å². The third kappa shape index (κ3) is 1.32. The Balaban J connectivity index is 3.35. The molecule has 0 aliphatic carbocycles. The van der Waals surface area contributed by atoms with Gasteiger partial charge in [-0.1, -0.05) is 0 Å². The van der Waals surface area contributed by atoms with Gasteiger partial charge in [0.15, 0.2) is 0 Å². The van der Waals surface area contributed by atoms with E-state index < -0.39 is 0 Å². The fourth-order valence-corrected chi connectivity index (χ4v) is 0.974. The largest absolute Gasteiger partial charge is 0.397 e. The molecule has 0 bridgehead atoms. The topological polar surface area (TPSA) is 75.9 Å². The normalized spacial score (nSPS) is 9.55. The minimum absolute atomic E-state index is 0.491. The number of benzene rings is 1. The van der Waals surface area contributed by atoms with Crippen LogP contribution < -0.4 is 11.5 Å². The lowest BCUT2D eigenvalue weighted by atomic mass is 10.1. The van der Waals surface area contributed by atoms with Crippen molar-refractivity contribution < 1.29 is 0 Å². The summed E-state index contributed by atoms with van der Waals surface area (Å²) in [6.07, 6.45) is 1.21. The summed E-state index contributed by atoms with van der Waals surface area (Å²) >= 11 is 0. The van der Waals surface area contributed by atoms with Gasteiger partial charge in [-0.05, 0) is 24.6 Å². The molecule has 3 nitrogen and oxygen atoms in total. The summed E-state index contributed by atoms with van der Waals surface area (Å²) in [4.78, 5) is 0. The number of anilines is 2. The molecule has 0 saturated carbocycles. The first-order chi connectivity index (χ1) is 5.15. The van der Waals surface area contributed by atoms with Crippen molar-refractivity contribution in [2.45, 2.75) is 6.92 Å². The molecule has 1 aromatic carbocycles. The Morgan fingerprint density at radius 1 is 1.36 bits per heavy atom. The molecule has 3 heteroatoms. The summed E-state index contributed by atoms with van der Waals surface area (Å²) in [6, 6.07) is 3.63. The van der Waals surface area contributed by atoms with Gasteiger partial charge in [-0.2, -0.15) is 0 Å². The summed E-state index contributed by atoms with van der Waals surface area (Å²) in [6.45, 7) is 1.92. The van der Waals surface area contributed by atoms with E-state index in [9.17, 15) is 0 Å². The van der Waals surface area contributed by atoms with Crippen LogP contribution in [0.4, 0.5) is 11.4 Å². The number of nitrogens with two attached hydrogens (primary N) is 2. The zero-order chi connectivity index (χ0) is 8.43. The lowest BCUT2D eigenvalue weighted by Crippen LogP contribution is -1.99. The molecule has 0 radical (unpaired) electrons. The van der Waals surface area contributed by atoms with E-state index in [4.69, 9.17) is 16.9 Å². The second kappa shape index (κ2) is 2.62. The smallest absolute Gasteiger partial charge is 0.0636 e. The van der Waals surface area contributed by atoms with E-state index in [0.717, 1.165) is 5.56 Å². The van der Waals surface area contributed by atoms with Crippen LogP contribution in [-0.2, 0) is 0 Å². The minimum atomic E-state index is 0.491. The van der Waals surface area contributed by atoms with Crippen molar-refractivity contribution in [1.29, 1.82) is 5.41 Å². The summed E-state index contributed by atoms with van der Waals surface area (Å²) in [5.41, 5.74) is 13.9. The van der Waals surface area contributed by atoms with Gasteiger partial charge in [0, 0.05) is 11.8 Å². The number of nitrogens with one attached hydrogen (secondary N) is 1. The molecule has 0 saturated heterocycles. The molecule has 1 rings (SSSR count). The first-order valence-electron chi connectivity index (χ1n) is 3.31. The molecule has 0 heterocycles. The molecule has 1 aromatic rings. The highest BCUT2D eigenvalue weighted by molar-refractivity contribution is 5.90. The third-order valence-electron chi connectivity index (χ3n) is 1.54. The van der Waals surface area contributed by atoms with Crippen LogP contribution >= 0.6 is 0 Å². The molecule has 0 aliphatic rings. The Labute approximate surface area is 65.5 Å². The average Bonchev–Trinajstić information content (AvgIpc) is 1.96. The summed E-state index contributed by atoms with van der Waals surface area (Å²) in [5.74, 6) is 0. The van der Waals surface area contributed by atoms with Crippen molar-refractivity contribution in [2.24, 2.45) is 0 Å². The maximum Gasteiger partial charge on any atom is 0.0636 e. The van der Waals surface area contributed by atoms with Crippen LogP contribution in [0.15, 0.2) is 12.1 Å². The van der Waals surface area contributed by atoms with Gasteiger partial charge in [0.2, 0.25) is 0 Å². The van der Waals surface area contributed by atoms with Crippen molar-refractivity contribution >= 4 is 17.6 Å². The number of rotatable bonds is 1. The van der Waals surface area contributed by atoms with Crippen LogP contribution in [0, 0.1) is 12.3 Å². The lowest BCUT2D eigenvalue weighted by Gasteiger charge is -2.04. The second-order valence-corrected chi connectivity index (χ2v) is 2.50. The van der Waals surface area contributed by atoms with Crippen molar-refractivity contribution in [3.8, 4) is 0 Å². The van der Waals surface area contributed by atoms with E-state index in [1.54, 1.807) is 6.07 Å². The number of hydrogen-bond acceptors (Lipinski definition) is 3. The molecule has 0 atom stereocenters. The maximum atomic E-state index is 7.02. The van der Waals surface area contributed by atoms with Crippen LogP contribution in [0.3, 0.4) is 0 Å². The summed E-state index contributed by atoms with van der Waals surface area (Å²) < 4.78 is 0. The van der Waals surface area contributed by atoms with E-state index in [-0.39, 0.29) is 0 Å². The highest BCUT2D eigenvalue weighted by Gasteiger charge is 2.00. The molecule has 0 unspecified atom stereocenters. The average molecular weight is 149 g/mol. The molecule has 11 heavy (non-hydrogen) atoms. The van der Waals surface area contributed by atoms with Crippen LogP contribution in [0.25, 0.3) is 0 Å². The van der Waals surface area contributed by atoms with Gasteiger partial charge >= 0.3 is 0 Å². The maximum absolute atomic E-state index is 7.02. The van der Waals surface area contributed by atoms with Gasteiger partial charge in [-0.3, -0.25) is 0 Å². The minimum Gasteiger partial charge on any atom is -0.397 e. The standard InChI is InChI=1S/C8H11N3/c1-5-2-6(4-9)8(11)7(10)3-5/h2-4,9H,10-11H2,1H3. The Kier molecular flexibility index (Phi) is 1.81. The molecule has 0 spiro atoms. The SMILES string of the molecule is Cc1cc(N)c(N)c(C=N)c1. The molecule has 0 aliphatic heterocycles. The molecule has 58 valence electrons. The van der Waals surface area contributed by atoms with Crippen molar-refractivity contribution in [1.82, 2.24) is 0 Å². The molecule has 5 N–H and O–H groups in total. The molecule has 0 fully saturated rings. The lowest BCUT2D eigenvalue weighted by molar-refractivity contribution is 1.45. The van der Waals surface area contributed by atoms with E-state index >= 15 is 0 Å². The van der Waals surface area contributed by atoms with Crippen LogP contribution in [0.1, 0.15) is 11.1 Å². The van der Waals surface area contributed by atoms with Crippen molar-refractivity contribution in [3.05, 3.63) is 23.3 Å². The fraction of sp³-hybridized carbons (Fsp3) is 0.125. The second-order valence-electron chi connectivity index (χ2n) is 2.50. The van der Waals surface area contributed by atoms with E-state index in [1.807, 2.05) is 13.0 Å². The molecular formula is C8H11N3. The van der Waals surface area contributed by atoms with E-state index in [2.05, 4.69) is 0 Å². The van der Waals surface area contributed by atoms with E-state index in [0.29, 0.717) is 16.9 Å². The van der Waals surface area contributed by atoms with Gasteiger partial charge in [-0.25, -0.2) is 0 Å². The number of nitrogen functional groups attached to an aromatic ring is 2. The molecule has 0 amide bonds. The first kappa shape index (κ1) is 7.60. The van der Waals surface area contributed by atoms with Gasteiger partial charge in [0.05, 0.1) is 11.4 Å². The zero-order valence-electron chi connectivity index (χ0n) is 6.39. The number of hydrogen-bond donors (Lipinski definition) is 3. The van der Waals surface area contributed by atoms with Crippen LogP contribution in [-0.4, -0.2) is 6.21 Å². The fourth-order valence-electron chi connectivity index (χ4n) is 0.974. The third-order valence-corrected chi connectivity index (χ3v) is 1.54. The highest BCUT2D eigenvalue weighted by Crippen LogP contribution is 2.19.